The van der Waals surface area contributed by atoms with Crippen LogP contribution in [0.1, 0.15) is 16.8 Å². The van der Waals surface area contributed by atoms with E-state index in [4.69, 9.17) is 0 Å². The third-order valence-corrected chi connectivity index (χ3v) is 1.98. The van der Waals surface area contributed by atoms with E-state index >= 15 is 0 Å². The highest BCUT2D eigenvalue weighted by Crippen LogP contribution is 2.10. The molecule has 1 aromatic heterocycles. The van der Waals surface area contributed by atoms with Crippen molar-refractivity contribution in [2.45, 2.75) is 20.0 Å². The van der Waals surface area contributed by atoms with Crippen molar-refractivity contribution in [3.63, 3.8) is 0 Å². The highest BCUT2D eigenvalue weighted by atomic mass is 16.1. The van der Waals surface area contributed by atoms with E-state index in [1.165, 1.54) is 0 Å². The molecule has 0 saturated carbocycles. The summed E-state index contributed by atoms with van der Waals surface area (Å²) in [5.41, 5.74) is 3.05. The molecular weight excluding hydrogens is 140 g/mol. The van der Waals surface area contributed by atoms with Gasteiger partial charge in [0.2, 0.25) is 0 Å². The van der Waals surface area contributed by atoms with Crippen molar-refractivity contribution >= 4 is 0 Å². The van der Waals surface area contributed by atoms with Crippen molar-refractivity contribution in [3.05, 3.63) is 33.2 Å². The molecule has 2 N–H and O–H groups in total. The standard InChI is InChI=1S/C8H10N2O/c1-5-2-6-3-9-4-7(6)8(11)10-5/h2,9H,3-4H2,1H3,(H,10,11). The zero-order valence-electron chi connectivity index (χ0n) is 6.40. The monoisotopic (exact) mass is 150 g/mol. The molecule has 11 heavy (non-hydrogen) atoms. The molecule has 0 amide bonds. The molecule has 2 rings (SSSR count). The molecule has 3 heteroatoms. The van der Waals surface area contributed by atoms with Crippen LogP contribution in [0.4, 0.5) is 0 Å². The summed E-state index contributed by atoms with van der Waals surface area (Å²) >= 11 is 0. The van der Waals surface area contributed by atoms with Gasteiger partial charge in [0.15, 0.2) is 0 Å². The van der Waals surface area contributed by atoms with Gasteiger partial charge in [-0.25, -0.2) is 0 Å². The van der Waals surface area contributed by atoms with Gasteiger partial charge in [-0.1, -0.05) is 0 Å². The zero-order valence-corrected chi connectivity index (χ0v) is 6.40. The minimum atomic E-state index is 0.0602. The van der Waals surface area contributed by atoms with E-state index < -0.39 is 0 Å². The van der Waals surface area contributed by atoms with Crippen LogP contribution in [0, 0.1) is 6.92 Å². The molecule has 0 fully saturated rings. The summed E-state index contributed by atoms with van der Waals surface area (Å²) in [5, 5.41) is 3.14. The van der Waals surface area contributed by atoms with Crippen LogP contribution in [-0.2, 0) is 13.1 Å². The Morgan fingerprint density at radius 1 is 1.45 bits per heavy atom. The Labute approximate surface area is 64.5 Å². The van der Waals surface area contributed by atoms with Crippen LogP contribution in [0.5, 0.6) is 0 Å². The smallest absolute Gasteiger partial charge is 0.252 e. The number of rotatable bonds is 0. The summed E-state index contributed by atoms with van der Waals surface area (Å²) < 4.78 is 0. The second kappa shape index (κ2) is 2.20. The average Bonchev–Trinajstić information content (AvgIpc) is 2.34. The first-order valence-corrected chi connectivity index (χ1v) is 3.70. The normalized spacial score (nSPS) is 15.0. The van der Waals surface area contributed by atoms with Crippen molar-refractivity contribution in [2.24, 2.45) is 0 Å². The van der Waals surface area contributed by atoms with Crippen LogP contribution in [0.25, 0.3) is 0 Å². The van der Waals surface area contributed by atoms with Gasteiger partial charge in [-0.05, 0) is 18.6 Å². The van der Waals surface area contributed by atoms with Crippen LogP contribution < -0.4 is 10.9 Å². The quantitative estimate of drug-likeness (QED) is 0.558. The van der Waals surface area contributed by atoms with E-state index in [1.807, 2.05) is 13.0 Å². The molecule has 1 aliphatic heterocycles. The topological polar surface area (TPSA) is 44.9 Å². The van der Waals surface area contributed by atoms with Crippen molar-refractivity contribution < 1.29 is 0 Å². The Balaban J connectivity index is 2.70. The number of nitrogens with one attached hydrogen (secondary N) is 2. The summed E-state index contributed by atoms with van der Waals surface area (Å²) in [4.78, 5) is 14.0. The molecule has 0 saturated heterocycles. The van der Waals surface area contributed by atoms with Crippen molar-refractivity contribution in [1.82, 2.24) is 10.3 Å². The molecule has 1 aliphatic rings. The van der Waals surface area contributed by atoms with E-state index in [9.17, 15) is 4.79 Å². The number of hydrogen-bond acceptors (Lipinski definition) is 2. The highest BCUT2D eigenvalue weighted by molar-refractivity contribution is 5.29. The number of aromatic nitrogens is 1. The molecular formula is C8H10N2O. The molecule has 0 bridgehead atoms. The Morgan fingerprint density at radius 2 is 2.27 bits per heavy atom. The Kier molecular flexibility index (Phi) is 1.32. The Bertz CT molecular complexity index is 340. The molecule has 2 heterocycles. The molecule has 0 spiro atoms. The van der Waals surface area contributed by atoms with Crippen LogP contribution in [0.2, 0.25) is 0 Å². The fraction of sp³-hybridized carbons (Fsp3) is 0.375. The van der Waals surface area contributed by atoms with Gasteiger partial charge in [-0.2, -0.15) is 0 Å². The number of fused-ring (bicyclic) bond motifs is 1. The summed E-state index contributed by atoms with van der Waals surface area (Å²) in [6.07, 6.45) is 0. The molecule has 1 aromatic rings. The van der Waals surface area contributed by atoms with Crippen LogP contribution in [0.15, 0.2) is 10.9 Å². The van der Waals surface area contributed by atoms with Gasteiger partial charge in [0.1, 0.15) is 0 Å². The minimum absolute atomic E-state index is 0.0602. The van der Waals surface area contributed by atoms with Gasteiger partial charge < -0.3 is 10.3 Å². The predicted molar refractivity (Wildman–Crippen MR) is 42.3 cm³/mol. The van der Waals surface area contributed by atoms with E-state index in [2.05, 4.69) is 10.3 Å². The van der Waals surface area contributed by atoms with Crippen LogP contribution in [0.3, 0.4) is 0 Å². The average molecular weight is 150 g/mol. The molecule has 0 aliphatic carbocycles. The second-order valence-corrected chi connectivity index (χ2v) is 2.89. The van der Waals surface area contributed by atoms with Crippen molar-refractivity contribution in [3.8, 4) is 0 Å². The van der Waals surface area contributed by atoms with E-state index in [1.54, 1.807) is 0 Å². The third kappa shape index (κ3) is 0.973. The summed E-state index contributed by atoms with van der Waals surface area (Å²) in [7, 11) is 0. The van der Waals surface area contributed by atoms with Crippen LogP contribution in [-0.4, -0.2) is 4.98 Å². The van der Waals surface area contributed by atoms with E-state index in [0.29, 0.717) is 6.54 Å². The number of H-pyrrole nitrogens is 1. The molecule has 0 radical (unpaired) electrons. The van der Waals surface area contributed by atoms with Gasteiger partial charge in [0, 0.05) is 24.3 Å². The lowest BCUT2D eigenvalue weighted by molar-refractivity contribution is 0.762. The summed E-state index contributed by atoms with van der Waals surface area (Å²) in [5.74, 6) is 0. The number of aryl methyl sites for hydroxylation is 1. The lowest BCUT2D eigenvalue weighted by Crippen LogP contribution is -2.13. The maximum Gasteiger partial charge on any atom is 0.252 e. The first-order valence-electron chi connectivity index (χ1n) is 3.70. The maximum absolute atomic E-state index is 11.2. The molecule has 3 nitrogen and oxygen atoms in total. The third-order valence-electron chi connectivity index (χ3n) is 1.98. The van der Waals surface area contributed by atoms with E-state index in [0.717, 1.165) is 23.4 Å². The molecule has 0 atom stereocenters. The number of pyridine rings is 1. The lowest BCUT2D eigenvalue weighted by Gasteiger charge is -1.97. The highest BCUT2D eigenvalue weighted by Gasteiger charge is 2.12. The van der Waals surface area contributed by atoms with Gasteiger partial charge in [0.25, 0.3) is 5.56 Å². The summed E-state index contributed by atoms with van der Waals surface area (Å²) in [6, 6.07) is 2.02. The Hall–Kier alpha value is -1.09. The van der Waals surface area contributed by atoms with Gasteiger partial charge in [-0.15, -0.1) is 0 Å². The van der Waals surface area contributed by atoms with Crippen LogP contribution >= 0.6 is 0 Å². The fourth-order valence-electron chi connectivity index (χ4n) is 1.46. The predicted octanol–water partition coefficient (Wildman–Crippen LogP) is 0.287. The first-order chi connectivity index (χ1) is 5.27. The Morgan fingerprint density at radius 3 is 3.09 bits per heavy atom. The van der Waals surface area contributed by atoms with Gasteiger partial charge in [0.05, 0.1) is 0 Å². The SMILES string of the molecule is Cc1cc2c(c(=O)[nH]1)CNC2. The van der Waals surface area contributed by atoms with Crippen molar-refractivity contribution in [2.75, 3.05) is 0 Å². The summed E-state index contributed by atoms with van der Waals surface area (Å²) in [6.45, 7) is 3.45. The molecule has 0 aromatic carbocycles. The molecule has 0 unspecified atom stereocenters. The second-order valence-electron chi connectivity index (χ2n) is 2.89. The minimum Gasteiger partial charge on any atom is -0.326 e. The van der Waals surface area contributed by atoms with Gasteiger partial charge in [-0.3, -0.25) is 4.79 Å². The largest absolute Gasteiger partial charge is 0.326 e. The number of hydrogen-bond donors (Lipinski definition) is 2. The zero-order chi connectivity index (χ0) is 7.84. The first kappa shape index (κ1) is 6.61. The fourth-order valence-corrected chi connectivity index (χ4v) is 1.46. The lowest BCUT2D eigenvalue weighted by atomic mass is 10.1. The number of aromatic amines is 1. The van der Waals surface area contributed by atoms with E-state index in [-0.39, 0.29) is 5.56 Å². The maximum atomic E-state index is 11.2. The van der Waals surface area contributed by atoms with Gasteiger partial charge >= 0.3 is 0 Å². The molecule has 58 valence electrons. The van der Waals surface area contributed by atoms with Crippen molar-refractivity contribution in [1.29, 1.82) is 0 Å².